The number of hydrogen-bond donors (Lipinski definition) is 0. The second kappa shape index (κ2) is 2.65. The highest BCUT2D eigenvalue weighted by Crippen LogP contribution is 2.69. The predicted octanol–water partition coefficient (Wildman–Crippen LogP) is 3.14. The van der Waals surface area contributed by atoms with Gasteiger partial charge in [0.25, 0.3) is 0 Å². The second-order valence-corrected chi connectivity index (χ2v) is 5.32. The Morgan fingerprint density at radius 2 is 2.43 bits per heavy atom. The van der Waals surface area contributed by atoms with Crippen LogP contribution in [0, 0.1) is 23.2 Å². The molecule has 3 aliphatic rings. The normalized spacial score (nSPS) is 48.8. The molecule has 3 unspecified atom stereocenters. The minimum absolute atomic E-state index is 0.556. The summed E-state index contributed by atoms with van der Waals surface area (Å²) in [6, 6.07) is 0. The zero-order valence-corrected chi connectivity index (χ0v) is 8.83. The van der Waals surface area contributed by atoms with Crippen LogP contribution in [0.3, 0.4) is 0 Å². The van der Waals surface area contributed by atoms with Crippen molar-refractivity contribution in [2.75, 3.05) is 6.61 Å². The molecule has 2 saturated carbocycles. The molecule has 0 N–H and O–H groups in total. The summed E-state index contributed by atoms with van der Waals surface area (Å²) in [6.07, 6.45) is 8.23. The van der Waals surface area contributed by atoms with Crippen LogP contribution in [0.15, 0.2) is 24.5 Å². The fourth-order valence-corrected chi connectivity index (χ4v) is 3.61. The molecule has 1 aliphatic heterocycles. The molecule has 1 heterocycles. The summed E-state index contributed by atoms with van der Waals surface area (Å²) in [5.41, 5.74) is 1.94. The first kappa shape index (κ1) is 8.58. The summed E-state index contributed by atoms with van der Waals surface area (Å²) < 4.78 is 5.48. The van der Waals surface area contributed by atoms with Gasteiger partial charge in [-0.05, 0) is 50.0 Å². The molecule has 2 aliphatic carbocycles. The van der Waals surface area contributed by atoms with E-state index in [-0.39, 0.29) is 0 Å². The van der Waals surface area contributed by atoms with Crippen LogP contribution in [-0.2, 0) is 4.74 Å². The molecule has 0 aromatic heterocycles. The number of allylic oxidation sites excluding steroid dienone is 2. The monoisotopic (exact) mass is 190 g/mol. The Hall–Kier alpha value is -0.720. The first-order chi connectivity index (χ1) is 6.74. The van der Waals surface area contributed by atoms with Crippen molar-refractivity contribution in [1.82, 2.24) is 0 Å². The molecule has 0 radical (unpaired) electrons. The molecule has 14 heavy (non-hydrogen) atoms. The highest BCUT2D eigenvalue weighted by atomic mass is 16.5. The Labute approximate surface area is 85.8 Å². The summed E-state index contributed by atoms with van der Waals surface area (Å²) in [6.45, 7) is 7.25. The number of hydrogen-bond acceptors (Lipinski definition) is 1. The summed E-state index contributed by atoms with van der Waals surface area (Å²) in [5, 5.41) is 0. The largest absolute Gasteiger partial charge is 0.501 e. The summed E-state index contributed by atoms with van der Waals surface area (Å²) >= 11 is 0. The maximum absolute atomic E-state index is 5.48. The molecule has 0 amide bonds. The predicted molar refractivity (Wildman–Crippen MR) is 56.7 cm³/mol. The van der Waals surface area contributed by atoms with Gasteiger partial charge in [0, 0.05) is 5.41 Å². The Kier molecular flexibility index (Phi) is 1.62. The van der Waals surface area contributed by atoms with Crippen molar-refractivity contribution in [2.45, 2.75) is 26.2 Å². The maximum Gasteiger partial charge on any atom is 0.0937 e. The van der Waals surface area contributed by atoms with E-state index in [1.54, 1.807) is 0 Å². The molecule has 0 aromatic rings. The lowest BCUT2D eigenvalue weighted by atomic mass is 9.79. The van der Waals surface area contributed by atoms with Crippen molar-refractivity contribution in [3.8, 4) is 0 Å². The molecule has 1 spiro atoms. The van der Waals surface area contributed by atoms with Crippen LogP contribution in [0.1, 0.15) is 26.2 Å². The van der Waals surface area contributed by atoms with Crippen molar-refractivity contribution in [3.05, 3.63) is 24.5 Å². The van der Waals surface area contributed by atoms with Crippen molar-refractivity contribution in [3.63, 3.8) is 0 Å². The Bertz CT molecular complexity index is 304. The third-order valence-electron chi connectivity index (χ3n) is 4.65. The van der Waals surface area contributed by atoms with Crippen LogP contribution in [0.4, 0.5) is 0 Å². The van der Waals surface area contributed by atoms with Gasteiger partial charge >= 0.3 is 0 Å². The van der Waals surface area contributed by atoms with Crippen LogP contribution in [0.25, 0.3) is 0 Å². The zero-order chi connectivity index (χ0) is 9.76. The molecule has 76 valence electrons. The van der Waals surface area contributed by atoms with E-state index in [2.05, 4.69) is 19.6 Å². The molecular weight excluding hydrogens is 172 g/mol. The van der Waals surface area contributed by atoms with E-state index in [1.165, 1.54) is 24.8 Å². The Balaban J connectivity index is 1.78. The van der Waals surface area contributed by atoms with E-state index in [0.29, 0.717) is 5.41 Å². The number of fused-ring (bicyclic) bond motifs is 1. The first-order valence-electron chi connectivity index (χ1n) is 5.68. The number of ether oxygens (including phenoxy) is 1. The molecule has 1 heteroatoms. The van der Waals surface area contributed by atoms with Gasteiger partial charge in [-0.15, -0.1) is 0 Å². The van der Waals surface area contributed by atoms with Gasteiger partial charge < -0.3 is 4.74 Å². The lowest BCUT2D eigenvalue weighted by Crippen LogP contribution is -2.22. The Morgan fingerprint density at radius 3 is 3.21 bits per heavy atom. The molecule has 4 atom stereocenters. The van der Waals surface area contributed by atoms with Gasteiger partial charge in [-0.1, -0.05) is 12.2 Å². The van der Waals surface area contributed by atoms with Gasteiger partial charge in [0.15, 0.2) is 0 Å². The highest BCUT2D eigenvalue weighted by Gasteiger charge is 2.66. The van der Waals surface area contributed by atoms with Crippen molar-refractivity contribution >= 4 is 0 Å². The smallest absolute Gasteiger partial charge is 0.0937 e. The minimum atomic E-state index is 0.556. The quantitative estimate of drug-likeness (QED) is 0.577. The van der Waals surface area contributed by atoms with E-state index >= 15 is 0 Å². The Morgan fingerprint density at radius 1 is 1.57 bits per heavy atom. The summed E-state index contributed by atoms with van der Waals surface area (Å²) in [4.78, 5) is 0. The number of rotatable bonds is 1. The summed E-state index contributed by atoms with van der Waals surface area (Å²) in [5.74, 6) is 2.52. The van der Waals surface area contributed by atoms with Crippen molar-refractivity contribution in [2.24, 2.45) is 23.2 Å². The average Bonchev–Trinajstić information content (AvgIpc) is 2.85. The van der Waals surface area contributed by atoms with Gasteiger partial charge in [-0.2, -0.15) is 0 Å². The molecule has 0 aromatic carbocycles. The second-order valence-electron chi connectivity index (χ2n) is 5.32. The van der Waals surface area contributed by atoms with Gasteiger partial charge in [-0.25, -0.2) is 0 Å². The van der Waals surface area contributed by atoms with Crippen LogP contribution < -0.4 is 0 Å². The van der Waals surface area contributed by atoms with Crippen LogP contribution in [0.5, 0.6) is 0 Å². The zero-order valence-electron chi connectivity index (χ0n) is 8.83. The lowest BCUT2D eigenvalue weighted by Gasteiger charge is -2.28. The van der Waals surface area contributed by atoms with Gasteiger partial charge in [-0.3, -0.25) is 0 Å². The third-order valence-corrected chi connectivity index (χ3v) is 4.65. The fraction of sp³-hybridized carbons (Fsp3) is 0.692. The van der Waals surface area contributed by atoms with Crippen LogP contribution in [0.2, 0.25) is 0 Å². The average molecular weight is 190 g/mol. The van der Waals surface area contributed by atoms with Gasteiger partial charge in [0.2, 0.25) is 0 Å². The minimum Gasteiger partial charge on any atom is -0.501 e. The van der Waals surface area contributed by atoms with E-state index < -0.39 is 0 Å². The maximum atomic E-state index is 5.48. The van der Waals surface area contributed by atoms with Gasteiger partial charge in [0.1, 0.15) is 0 Å². The third kappa shape index (κ3) is 0.958. The fourth-order valence-electron chi connectivity index (χ4n) is 3.61. The molecular formula is C13H18O. The molecule has 0 bridgehead atoms. The molecule has 3 rings (SSSR count). The summed E-state index contributed by atoms with van der Waals surface area (Å²) in [7, 11) is 0. The van der Waals surface area contributed by atoms with Crippen LogP contribution in [-0.4, -0.2) is 6.61 Å². The van der Waals surface area contributed by atoms with Crippen molar-refractivity contribution in [1.29, 1.82) is 0 Å². The van der Waals surface area contributed by atoms with E-state index in [9.17, 15) is 0 Å². The molecule has 2 fully saturated rings. The van der Waals surface area contributed by atoms with E-state index in [4.69, 9.17) is 4.74 Å². The standard InChI is InChI=1S/C13H18O/c1-9(2)10-3-5-13-8-14-6-4-11(13)12(13)7-10/h4,6,10-12H,1,3,5,7-8H2,2H3/t10-,11?,12?,13?/m0/s1. The van der Waals surface area contributed by atoms with Crippen LogP contribution >= 0.6 is 0 Å². The lowest BCUT2D eigenvalue weighted by molar-refractivity contribution is 0.126. The SMILES string of the molecule is C=C(C)[C@H]1CCC23COC=CC2C3C1. The molecule has 1 nitrogen and oxygen atoms in total. The van der Waals surface area contributed by atoms with E-state index in [1.807, 2.05) is 6.26 Å². The molecule has 0 saturated heterocycles. The topological polar surface area (TPSA) is 9.23 Å². The highest BCUT2D eigenvalue weighted by molar-refractivity contribution is 5.23. The first-order valence-corrected chi connectivity index (χ1v) is 5.68. The van der Waals surface area contributed by atoms with Gasteiger partial charge in [0.05, 0.1) is 12.9 Å². The van der Waals surface area contributed by atoms with E-state index in [0.717, 1.165) is 24.4 Å². The van der Waals surface area contributed by atoms with Crippen molar-refractivity contribution < 1.29 is 4.74 Å².